The molecule has 2 heteroatoms. The van der Waals surface area contributed by atoms with Crippen LogP contribution in [0.2, 0.25) is 0 Å². The van der Waals surface area contributed by atoms with E-state index in [4.69, 9.17) is 10.5 Å². The molecule has 0 aliphatic heterocycles. The largest absolute Gasteiger partial charge is 0.496 e. The van der Waals surface area contributed by atoms with E-state index in [0.717, 1.165) is 17.7 Å². The molecule has 1 aromatic rings. The Hall–Kier alpha value is -1.02. The van der Waals surface area contributed by atoms with E-state index >= 15 is 0 Å². The topological polar surface area (TPSA) is 35.2 Å². The van der Waals surface area contributed by atoms with Crippen LogP contribution < -0.4 is 10.5 Å². The molecule has 0 aliphatic carbocycles. The Morgan fingerprint density at radius 3 is 2.67 bits per heavy atom. The van der Waals surface area contributed by atoms with E-state index in [2.05, 4.69) is 13.0 Å². The highest BCUT2D eigenvalue weighted by Crippen LogP contribution is 2.19. The SMILES string of the molecule is CCc1ccc(CN)c(OC)c1. The van der Waals surface area contributed by atoms with Crippen molar-refractivity contribution in [3.8, 4) is 5.75 Å². The highest BCUT2D eigenvalue weighted by molar-refractivity contribution is 5.37. The van der Waals surface area contributed by atoms with Crippen LogP contribution in [0, 0.1) is 0 Å². The van der Waals surface area contributed by atoms with E-state index in [1.807, 2.05) is 12.1 Å². The van der Waals surface area contributed by atoms with Crippen LogP contribution in [-0.2, 0) is 13.0 Å². The van der Waals surface area contributed by atoms with Gasteiger partial charge in [0.25, 0.3) is 0 Å². The van der Waals surface area contributed by atoms with Gasteiger partial charge in [-0.05, 0) is 18.1 Å². The third kappa shape index (κ3) is 1.77. The van der Waals surface area contributed by atoms with Crippen LogP contribution in [0.5, 0.6) is 5.75 Å². The van der Waals surface area contributed by atoms with Crippen molar-refractivity contribution in [1.29, 1.82) is 0 Å². The summed E-state index contributed by atoms with van der Waals surface area (Å²) in [6, 6.07) is 6.16. The molecular weight excluding hydrogens is 150 g/mol. The first-order valence-electron chi connectivity index (χ1n) is 4.17. The Balaban J connectivity index is 3.02. The number of hydrogen-bond acceptors (Lipinski definition) is 2. The van der Waals surface area contributed by atoms with Crippen LogP contribution in [0.4, 0.5) is 0 Å². The predicted octanol–water partition coefficient (Wildman–Crippen LogP) is 1.72. The van der Waals surface area contributed by atoms with E-state index in [9.17, 15) is 0 Å². The number of hydrogen-bond donors (Lipinski definition) is 1. The maximum atomic E-state index is 5.54. The van der Waals surface area contributed by atoms with Crippen LogP contribution in [0.1, 0.15) is 18.1 Å². The summed E-state index contributed by atoms with van der Waals surface area (Å²) in [5.41, 5.74) is 7.88. The molecular formula is C10H15NO. The van der Waals surface area contributed by atoms with Crippen molar-refractivity contribution in [2.45, 2.75) is 19.9 Å². The monoisotopic (exact) mass is 165 g/mol. The van der Waals surface area contributed by atoms with Crippen LogP contribution in [-0.4, -0.2) is 7.11 Å². The average Bonchev–Trinajstić information content (AvgIpc) is 2.16. The molecule has 0 atom stereocenters. The van der Waals surface area contributed by atoms with Gasteiger partial charge >= 0.3 is 0 Å². The molecule has 12 heavy (non-hydrogen) atoms. The van der Waals surface area contributed by atoms with Gasteiger partial charge in [-0.3, -0.25) is 0 Å². The minimum absolute atomic E-state index is 0.535. The third-order valence-electron chi connectivity index (χ3n) is 1.98. The Morgan fingerprint density at radius 1 is 1.42 bits per heavy atom. The van der Waals surface area contributed by atoms with Gasteiger partial charge in [-0.15, -0.1) is 0 Å². The van der Waals surface area contributed by atoms with Gasteiger partial charge in [0.05, 0.1) is 7.11 Å². The quantitative estimate of drug-likeness (QED) is 0.740. The van der Waals surface area contributed by atoms with Gasteiger partial charge in [0, 0.05) is 12.1 Å². The molecule has 0 fully saturated rings. The highest BCUT2D eigenvalue weighted by atomic mass is 16.5. The second-order valence-corrected chi connectivity index (χ2v) is 2.70. The fraction of sp³-hybridized carbons (Fsp3) is 0.400. The second kappa shape index (κ2) is 4.12. The molecule has 0 amide bonds. The van der Waals surface area contributed by atoms with E-state index in [1.54, 1.807) is 7.11 Å². The number of rotatable bonds is 3. The molecule has 2 nitrogen and oxygen atoms in total. The lowest BCUT2D eigenvalue weighted by Gasteiger charge is -2.07. The molecule has 0 aromatic heterocycles. The number of aryl methyl sites for hydroxylation is 1. The summed E-state index contributed by atoms with van der Waals surface area (Å²) in [4.78, 5) is 0. The van der Waals surface area contributed by atoms with Gasteiger partial charge in [0.2, 0.25) is 0 Å². The van der Waals surface area contributed by atoms with Crippen molar-refractivity contribution in [2.75, 3.05) is 7.11 Å². The average molecular weight is 165 g/mol. The Labute approximate surface area is 73.3 Å². The summed E-state index contributed by atoms with van der Waals surface area (Å²) < 4.78 is 5.20. The second-order valence-electron chi connectivity index (χ2n) is 2.70. The minimum atomic E-state index is 0.535. The van der Waals surface area contributed by atoms with Crippen LogP contribution in [0.25, 0.3) is 0 Å². The smallest absolute Gasteiger partial charge is 0.123 e. The molecule has 0 unspecified atom stereocenters. The zero-order valence-electron chi connectivity index (χ0n) is 7.63. The van der Waals surface area contributed by atoms with Gasteiger partial charge in [-0.25, -0.2) is 0 Å². The zero-order chi connectivity index (χ0) is 8.97. The maximum Gasteiger partial charge on any atom is 0.123 e. The van der Waals surface area contributed by atoms with Crippen molar-refractivity contribution in [2.24, 2.45) is 5.73 Å². The van der Waals surface area contributed by atoms with Gasteiger partial charge in [-0.1, -0.05) is 19.1 Å². The summed E-state index contributed by atoms with van der Waals surface area (Å²) >= 11 is 0. The molecule has 0 spiro atoms. The lowest BCUT2D eigenvalue weighted by molar-refractivity contribution is 0.409. The fourth-order valence-corrected chi connectivity index (χ4v) is 1.18. The first kappa shape index (κ1) is 9.07. The molecule has 0 saturated heterocycles. The summed E-state index contributed by atoms with van der Waals surface area (Å²) in [6.45, 7) is 2.66. The molecule has 0 radical (unpaired) electrons. The zero-order valence-corrected chi connectivity index (χ0v) is 7.63. The van der Waals surface area contributed by atoms with Gasteiger partial charge in [0.1, 0.15) is 5.75 Å². The van der Waals surface area contributed by atoms with Crippen molar-refractivity contribution in [1.82, 2.24) is 0 Å². The lowest BCUT2D eigenvalue weighted by Crippen LogP contribution is -2.00. The fourth-order valence-electron chi connectivity index (χ4n) is 1.18. The molecule has 1 rings (SSSR count). The van der Waals surface area contributed by atoms with Gasteiger partial charge < -0.3 is 10.5 Å². The maximum absolute atomic E-state index is 5.54. The molecule has 2 N–H and O–H groups in total. The van der Waals surface area contributed by atoms with Crippen molar-refractivity contribution >= 4 is 0 Å². The Morgan fingerprint density at radius 2 is 2.17 bits per heavy atom. The molecule has 0 bridgehead atoms. The van der Waals surface area contributed by atoms with Crippen molar-refractivity contribution < 1.29 is 4.74 Å². The Kier molecular flexibility index (Phi) is 3.11. The first-order valence-corrected chi connectivity index (χ1v) is 4.17. The van der Waals surface area contributed by atoms with Crippen molar-refractivity contribution in [3.63, 3.8) is 0 Å². The van der Waals surface area contributed by atoms with Crippen LogP contribution >= 0.6 is 0 Å². The van der Waals surface area contributed by atoms with E-state index in [-0.39, 0.29) is 0 Å². The van der Waals surface area contributed by atoms with E-state index in [1.165, 1.54) is 5.56 Å². The predicted molar refractivity (Wildman–Crippen MR) is 50.3 cm³/mol. The number of ether oxygens (including phenoxy) is 1. The molecule has 1 aromatic carbocycles. The molecule has 0 saturated carbocycles. The Bertz CT molecular complexity index is 258. The number of benzene rings is 1. The molecule has 0 aliphatic rings. The first-order chi connectivity index (χ1) is 5.81. The van der Waals surface area contributed by atoms with E-state index in [0.29, 0.717) is 6.54 Å². The van der Waals surface area contributed by atoms with Crippen LogP contribution in [0.15, 0.2) is 18.2 Å². The van der Waals surface area contributed by atoms with Gasteiger partial charge in [-0.2, -0.15) is 0 Å². The summed E-state index contributed by atoms with van der Waals surface area (Å²) in [7, 11) is 1.67. The van der Waals surface area contributed by atoms with Crippen LogP contribution in [0.3, 0.4) is 0 Å². The summed E-state index contributed by atoms with van der Waals surface area (Å²) in [5, 5.41) is 0. The third-order valence-corrected chi connectivity index (χ3v) is 1.98. The van der Waals surface area contributed by atoms with Crippen molar-refractivity contribution in [3.05, 3.63) is 29.3 Å². The molecule has 66 valence electrons. The van der Waals surface area contributed by atoms with E-state index < -0.39 is 0 Å². The lowest BCUT2D eigenvalue weighted by atomic mass is 10.1. The highest BCUT2D eigenvalue weighted by Gasteiger charge is 2.00. The summed E-state index contributed by atoms with van der Waals surface area (Å²) in [6.07, 6.45) is 1.03. The minimum Gasteiger partial charge on any atom is -0.496 e. The number of methoxy groups -OCH3 is 1. The molecule has 0 heterocycles. The van der Waals surface area contributed by atoms with Gasteiger partial charge in [0.15, 0.2) is 0 Å². The normalized spacial score (nSPS) is 9.92. The standard InChI is InChI=1S/C10H15NO/c1-3-8-4-5-9(7-11)10(6-8)12-2/h4-6H,3,7,11H2,1-2H3. The summed E-state index contributed by atoms with van der Waals surface area (Å²) in [5.74, 6) is 0.900. The number of nitrogens with two attached hydrogens (primary N) is 1.